The number of amides is 1. The summed E-state index contributed by atoms with van der Waals surface area (Å²) in [6.45, 7) is 7.33. The minimum atomic E-state index is 0.159. The third kappa shape index (κ3) is 10.9. The van der Waals surface area contributed by atoms with Crippen molar-refractivity contribution in [1.29, 1.82) is 0 Å². The highest BCUT2D eigenvalue weighted by molar-refractivity contribution is 6.17. The second-order valence-corrected chi connectivity index (χ2v) is 6.28. The molecule has 0 unspecified atom stereocenters. The smallest absolute Gasteiger partial charge is 0.220 e. The minimum absolute atomic E-state index is 0.159. The fourth-order valence-electron chi connectivity index (χ4n) is 1.95. The van der Waals surface area contributed by atoms with Gasteiger partial charge in [0.1, 0.15) is 0 Å². The topological polar surface area (TPSA) is 29.1 Å². The van der Waals surface area contributed by atoms with Gasteiger partial charge in [0.15, 0.2) is 0 Å². The number of hydrogen-bond donors (Lipinski definition) is 1. The van der Waals surface area contributed by atoms with E-state index < -0.39 is 0 Å². The molecule has 3 heteroatoms. The number of alkyl halides is 1. The standard InChI is InChI=1S/C15H30ClNO/c1-4-5-6-7-8-10-14(18)17-13-15(2,3)11-9-12-16/h4-13H2,1-3H3,(H,17,18). The van der Waals surface area contributed by atoms with Crippen LogP contribution in [-0.4, -0.2) is 18.3 Å². The quantitative estimate of drug-likeness (QED) is 0.436. The SMILES string of the molecule is CCCCCCCC(=O)NCC(C)(C)CCCCl. The highest BCUT2D eigenvalue weighted by Crippen LogP contribution is 2.21. The lowest BCUT2D eigenvalue weighted by Gasteiger charge is -2.24. The molecule has 0 aliphatic rings. The molecule has 0 aromatic carbocycles. The summed E-state index contributed by atoms with van der Waals surface area (Å²) in [7, 11) is 0. The molecule has 0 spiro atoms. The number of nitrogens with one attached hydrogen (secondary N) is 1. The van der Waals surface area contributed by atoms with Crippen molar-refractivity contribution in [3.8, 4) is 0 Å². The van der Waals surface area contributed by atoms with E-state index in [1.54, 1.807) is 0 Å². The van der Waals surface area contributed by atoms with Crippen LogP contribution >= 0.6 is 11.6 Å². The van der Waals surface area contributed by atoms with E-state index in [9.17, 15) is 4.79 Å². The Morgan fingerprint density at radius 3 is 2.39 bits per heavy atom. The van der Waals surface area contributed by atoms with Gasteiger partial charge in [-0.3, -0.25) is 4.79 Å². The molecule has 0 radical (unpaired) electrons. The zero-order chi connectivity index (χ0) is 13.9. The lowest BCUT2D eigenvalue weighted by Crippen LogP contribution is -2.33. The van der Waals surface area contributed by atoms with Gasteiger partial charge in [-0.2, -0.15) is 0 Å². The van der Waals surface area contributed by atoms with E-state index in [-0.39, 0.29) is 11.3 Å². The van der Waals surface area contributed by atoms with Crippen LogP contribution in [0.4, 0.5) is 0 Å². The van der Waals surface area contributed by atoms with Gasteiger partial charge in [-0.25, -0.2) is 0 Å². The highest BCUT2D eigenvalue weighted by Gasteiger charge is 2.17. The van der Waals surface area contributed by atoms with Gasteiger partial charge in [-0.1, -0.05) is 46.5 Å². The van der Waals surface area contributed by atoms with Crippen molar-refractivity contribution in [2.75, 3.05) is 12.4 Å². The molecule has 0 rings (SSSR count). The molecule has 0 aliphatic carbocycles. The molecule has 18 heavy (non-hydrogen) atoms. The number of carbonyl (C=O) groups is 1. The first-order chi connectivity index (χ1) is 8.52. The molecule has 1 N–H and O–H groups in total. The van der Waals surface area contributed by atoms with Gasteiger partial charge in [0, 0.05) is 18.8 Å². The van der Waals surface area contributed by atoms with Crippen molar-refractivity contribution >= 4 is 17.5 Å². The van der Waals surface area contributed by atoms with E-state index in [0.29, 0.717) is 12.3 Å². The van der Waals surface area contributed by atoms with Gasteiger partial charge in [-0.05, 0) is 24.7 Å². The Bertz CT molecular complexity index is 217. The first-order valence-electron chi connectivity index (χ1n) is 7.34. The summed E-state index contributed by atoms with van der Waals surface area (Å²) >= 11 is 5.69. The van der Waals surface area contributed by atoms with Gasteiger partial charge in [0.2, 0.25) is 5.91 Å². The molecule has 0 aromatic heterocycles. The average Bonchev–Trinajstić information content (AvgIpc) is 2.34. The third-order valence-electron chi connectivity index (χ3n) is 3.26. The summed E-state index contributed by atoms with van der Waals surface area (Å²) in [6.07, 6.45) is 8.74. The zero-order valence-electron chi connectivity index (χ0n) is 12.4. The normalized spacial score (nSPS) is 11.6. The summed E-state index contributed by atoms with van der Waals surface area (Å²) < 4.78 is 0. The maximum atomic E-state index is 11.7. The van der Waals surface area contributed by atoms with Crippen LogP contribution in [-0.2, 0) is 4.79 Å². The molecule has 0 saturated heterocycles. The van der Waals surface area contributed by atoms with Crippen molar-refractivity contribution in [3.63, 3.8) is 0 Å². The Hall–Kier alpha value is -0.240. The summed E-state index contributed by atoms with van der Waals surface area (Å²) in [6, 6.07) is 0. The lowest BCUT2D eigenvalue weighted by molar-refractivity contribution is -0.121. The number of unbranched alkanes of at least 4 members (excludes halogenated alkanes) is 4. The third-order valence-corrected chi connectivity index (χ3v) is 3.53. The van der Waals surface area contributed by atoms with Crippen LogP contribution in [0.1, 0.15) is 72.1 Å². The minimum Gasteiger partial charge on any atom is -0.356 e. The van der Waals surface area contributed by atoms with E-state index >= 15 is 0 Å². The van der Waals surface area contributed by atoms with Crippen LogP contribution in [0.15, 0.2) is 0 Å². The fourth-order valence-corrected chi connectivity index (χ4v) is 2.08. The molecule has 0 fully saturated rings. The second-order valence-electron chi connectivity index (χ2n) is 5.90. The van der Waals surface area contributed by atoms with Crippen LogP contribution < -0.4 is 5.32 Å². The molecule has 0 aromatic rings. The van der Waals surface area contributed by atoms with Gasteiger partial charge in [0.25, 0.3) is 0 Å². The monoisotopic (exact) mass is 275 g/mol. The van der Waals surface area contributed by atoms with E-state index in [0.717, 1.165) is 25.8 Å². The predicted octanol–water partition coefficient (Wildman–Crippen LogP) is 4.51. The van der Waals surface area contributed by atoms with Crippen molar-refractivity contribution in [2.45, 2.75) is 72.1 Å². The molecule has 0 atom stereocenters. The Labute approximate surface area is 118 Å². The molecule has 2 nitrogen and oxygen atoms in total. The number of rotatable bonds is 11. The van der Waals surface area contributed by atoms with Crippen molar-refractivity contribution in [2.24, 2.45) is 5.41 Å². The molecular weight excluding hydrogens is 246 g/mol. The molecular formula is C15H30ClNO. The van der Waals surface area contributed by atoms with E-state index in [1.807, 2.05) is 0 Å². The predicted molar refractivity (Wildman–Crippen MR) is 80.1 cm³/mol. The first-order valence-corrected chi connectivity index (χ1v) is 7.88. The van der Waals surface area contributed by atoms with Crippen LogP contribution in [0.3, 0.4) is 0 Å². The summed E-state index contributed by atoms with van der Waals surface area (Å²) in [4.78, 5) is 11.7. The van der Waals surface area contributed by atoms with Gasteiger partial charge >= 0.3 is 0 Å². The fraction of sp³-hybridized carbons (Fsp3) is 0.933. The molecule has 0 saturated carbocycles. The maximum Gasteiger partial charge on any atom is 0.220 e. The Balaban J connectivity index is 3.56. The molecule has 108 valence electrons. The number of halogens is 1. The largest absolute Gasteiger partial charge is 0.356 e. The molecule has 0 heterocycles. The Morgan fingerprint density at radius 2 is 1.78 bits per heavy atom. The summed E-state index contributed by atoms with van der Waals surface area (Å²) in [5.74, 6) is 0.903. The van der Waals surface area contributed by atoms with E-state index in [1.165, 1.54) is 25.7 Å². The van der Waals surface area contributed by atoms with Crippen molar-refractivity contribution in [1.82, 2.24) is 5.32 Å². The molecule has 0 aliphatic heterocycles. The van der Waals surface area contributed by atoms with Gasteiger partial charge in [0.05, 0.1) is 0 Å². The second kappa shape index (κ2) is 10.7. The first kappa shape index (κ1) is 17.8. The highest BCUT2D eigenvalue weighted by atomic mass is 35.5. The molecule has 1 amide bonds. The summed E-state index contributed by atoms with van der Waals surface area (Å²) in [5, 5.41) is 3.04. The Morgan fingerprint density at radius 1 is 1.11 bits per heavy atom. The van der Waals surface area contributed by atoms with Gasteiger partial charge in [-0.15, -0.1) is 11.6 Å². The van der Waals surface area contributed by atoms with Crippen molar-refractivity contribution < 1.29 is 4.79 Å². The van der Waals surface area contributed by atoms with E-state index in [4.69, 9.17) is 11.6 Å². The number of carbonyl (C=O) groups excluding carboxylic acids is 1. The Kier molecular flexibility index (Phi) is 10.5. The van der Waals surface area contributed by atoms with Crippen LogP contribution in [0.25, 0.3) is 0 Å². The van der Waals surface area contributed by atoms with Crippen LogP contribution in [0.2, 0.25) is 0 Å². The molecule has 0 bridgehead atoms. The van der Waals surface area contributed by atoms with Crippen molar-refractivity contribution in [3.05, 3.63) is 0 Å². The zero-order valence-corrected chi connectivity index (χ0v) is 13.1. The maximum absolute atomic E-state index is 11.7. The summed E-state index contributed by atoms with van der Waals surface area (Å²) in [5.41, 5.74) is 0.159. The van der Waals surface area contributed by atoms with Gasteiger partial charge < -0.3 is 5.32 Å². The lowest BCUT2D eigenvalue weighted by atomic mass is 9.88. The average molecular weight is 276 g/mol. The van der Waals surface area contributed by atoms with E-state index in [2.05, 4.69) is 26.1 Å². The number of hydrogen-bond acceptors (Lipinski definition) is 1. The van der Waals surface area contributed by atoms with Crippen LogP contribution in [0.5, 0.6) is 0 Å². The van der Waals surface area contributed by atoms with Crippen LogP contribution in [0, 0.1) is 5.41 Å².